The fourth-order valence-corrected chi connectivity index (χ4v) is 1.43. The van der Waals surface area contributed by atoms with Crippen molar-refractivity contribution in [1.82, 2.24) is 0 Å². The van der Waals surface area contributed by atoms with Gasteiger partial charge in [0.2, 0.25) is 0 Å². The number of ether oxygens (including phenoxy) is 1. The minimum Gasteiger partial charge on any atom is -0.508 e. The van der Waals surface area contributed by atoms with Crippen molar-refractivity contribution in [2.24, 2.45) is 0 Å². The summed E-state index contributed by atoms with van der Waals surface area (Å²) in [4.78, 5) is 11.6. The Morgan fingerprint density at radius 3 is 2.00 bits per heavy atom. The van der Waals surface area contributed by atoms with Gasteiger partial charge >= 0.3 is 5.97 Å². The van der Waals surface area contributed by atoms with E-state index in [1.165, 1.54) is 30.5 Å². The number of rotatable bonds is 3. The number of aromatic hydroxyl groups is 2. The van der Waals surface area contributed by atoms with E-state index in [0.29, 0.717) is 5.56 Å². The van der Waals surface area contributed by atoms with Crippen molar-refractivity contribution in [3.63, 3.8) is 0 Å². The Bertz CT molecular complexity index is 583. The van der Waals surface area contributed by atoms with Crippen LogP contribution in [0.3, 0.4) is 0 Å². The molecule has 0 fully saturated rings. The molecule has 0 aliphatic heterocycles. The largest absolute Gasteiger partial charge is 0.508 e. The van der Waals surface area contributed by atoms with E-state index in [2.05, 4.69) is 0 Å². The van der Waals surface area contributed by atoms with Gasteiger partial charge in [0.15, 0.2) is 0 Å². The summed E-state index contributed by atoms with van der Waals surface area (Å²) < 4.78 is 4.94. The molecule has 0 aliphatic carbocycles. The zero-order valence-corrected chi connectivity index (χ0v) is 9.98. The number of carbonyl (C=O) groups is 1. The molecule has 0 heterocycles. The van der Waals surface area contributed by atoms with E-state index in [9.17, 15) is 4.79 Å². The predicted octanol–water partition coefficient (Wildman–Crippen LogP) is 2.93. The number of phenolic OH excluding ortho intramolecular Hbond substituents is 2. The summed E-state index contributed by atoms with van der Waals surface area (Å²) in [6, 6.07) is 12.3. The first kappa shape index (κ1) is 12.7. The van der Waals surface area contributed by atoms with Crippen LogP contribution in [0.4, 0.5) is 0 Å². The fourth-order valence-electron chi connectivity index (χ4n) is 1.43. The lowest BCUT2D eigenvalue weighted by Gasteiger charge is -1.99. The van der Waals surface area contributed by atoms with Crippen LogP contribution in [0, 0.1) is 0 Å². The van der Waals surface area contributed by atoms with Gasteiger partial charge in [-0.25, -0.2) is 4.79 Å². The van der Waals surface area contributed by atoms with Crippen LogP contribution >= 0.6 is 0 Å². The van der Waals surface area contributed by atoms with E-state index < -0.39 is 5.97 Å². The molecule has 4 heteroatoms. The van der Waals surface area contributed by atoms with Crippen LogP contribution in [0.5, 0.6) is 11.5 Å². The number of hydrogen-bond acceptors (Lipinski definition) is 4. The summed E-state index contributed by atoms with van der Waals surface area (Å²) in [5.74, 6) is -0.232. The number of benzene rings is 2. The van der Waals surface area contributed by atoms with E-state index in [0.717, 1.165) is 5.56 Å². The van der Waals surface area contributed by atoms with Crippen LogP contribution in [0.15, 0.2) is 54.8 Å². The molecule has 0 saturated heterocycles. The summed E-state index contributed by atoms with van der Waals surface area (Å²) in [6.45, 7) is 0. The molecule has 2 rings (SSSR count). The third-order valence-electron chi connectivity index (χ3n) is 2.43. The van der Waals surface area contributed by atoms with Crippen molar-refractivity contribution in [3.05, 3.63) is 65.9 Å². The van der Waals surface area contributed by atoms with Crippen LogP contribution in [-0.2, 0) is 4.74 Å². The number of esters is 1. The van der Waals surface area contributed by atoms with Crippen molar-refractivity contribution >= 4 is 12.0 Å². The third kappa shape index (κ3) is 3.61. The first-order valence-electron chi connectivity index (χ1n) is 5.61. The molecule has 0 aromatic heterocycles. The second kappa shape index (κ2) is 5.73. The molecule has 0 unspecified atom stereocenters. The third-order valence-corrected chi connectivity index (χ3v) is 2.43. The summed E-state index contributed by atoms with van der Waals surface area (Å²) in [6.07, 6.45) is 2.89. The Hall–Kier alpha value is -2.75. The van der Waals surface area contributed by atoms with Crippen molar-refractivity contribution in [2.45, 2.75) is 0 Å². The molecule has 0 saturated carbocycles. The van der Waals surface area contributed by atoms with Gasteiger partial charge in [-0.05, 0) is 48.0 Å². The molecule has 96 valence electrons. The average molecular weight is 256 g/mol. The first-order chi connectivity index (χ1) is 9.15. The number of carbonyl (C=O) groups excluding carboxylic acids is 1. The van der Waals surface area contributed by atoms with Crippen LogP contribution in [-0.4, -0.2) is 16.2 Å². The minimum absolute atomic E-state index is 0.0937. The predicted molar refractivity (Wildman–Crippen MR) is 70.7 cm³/mol. The lowest BCUT2D eigenvalue weighted by Crippen LogP contribution is -1.99. The zero-order chi connectivity index (χ0) is 13.7. The highest BCUT2D eigenvalue weighted by Gasteiger charge is 2.04. The second-order valence-electron chi connectivity index (χ2n) is 3.85. The van der Waals surface area contributed by atoms with Crippen LogP contribution in [0.1, 0.15) is 15.9 Å². The lowest BCUT2D eigenvalue weighted by molar-refractivity contribution is 0.0665. The van der Waals surface area contributed by atoms with Gasteiger partial charge in [0.25, 0.3) is 0 Å². The van der Waals surface area contributed by atoms with E-state index in [-0.39, 0.29) is 11.5 Å². The molecule has 2 aromatic carbocycles. The highest BCUT2D eigenvalue weighted by Crippen LogP contribution is 2.12. The summed E-state index contributed by atoms with van der Waals surface area (Å²) in [5, 5.41) is 18.2. The Balaban J connectivity index is 1.96. The van der Waals surface area contributed by atoms with Crippen molar-refractivity contribution in [1.29, 1.82) is 0 Å². The van der Waals surface area contributed by atoms with Crippen LogP contribution < -0.4 is 0 Å². The quantitative estimate of drug-likeness (QED) is 0.654. The summed E-state index contributed by atoms with van der Waals surface area (Å²) in [5.41, 5.74) is 1.16. The standard InChI is InChI=1S/C15H12O4/c16-13-5-1-11(2-6-13)9-10-19-15(18)12-3-7-14(17)8-4-12/h1-10,16-17H/b10-9-. The molecule has 0 atom stereocenters. The van der Waals surface area contributed by atoms with Gasteiger partial charge < -0.3 is 14.9 Å². The van der Waals surface area contributed by atoms with Gasteiger partial charge in [-0.2, -0.15) is 0 Å². The molecule has 2 aromatic rings. The molecule has 4 nitrogen and oxygen atoms in total. The molecule has 0 radical (unpaired) electrons. The normalized spacial score (nSPS) is 10.5. The Kier molecular flexibility index (Phi) is 3.83. The minimum atomic E-state index is -0.505. The second-order valence-corrected chi connectivity index (χ2v) is 3.85. The molecule has 2 N–H and O–H groups in total. The maximum absolute atomic E-state index is 11.6. The maximum Gasteiger partial charge on any atom is 0.342 e. The SMILES string of the molecule is O=C(O/C=C\c1ccc(O)cc1)c1ccc(O)cc1. The molecule has 0 spiro atoms. The average Bonchev–Trinajstić information content (AvgIpc) is 2.41. The van der Waals surface area contributed by atoms with E-state index in [4.69, 9.17) is 14.9 Å². The lowest BCUT2D eigenvalue weighted by atomic mass is 10.2. The van der Waals surface area contributed by atoms with E-state index >= 15 is 0 Å². The monoisotopic (exact) mass is 256 g/mol. The highest BCUT2D eigenvalue weighted by atomic mass is 16.5. The first-order valence-corrected chi connectivity index (χ1v) is 5.61. The van der Waals surface area contributed by atoms with Crippen LogP contribution in [0.2, 0.25) is 0 Å². The fraction of sp³-hybridized carbons (Fsp3) is 0. The molecule has 0 amide bonds. The van der Waals surface area contributed by atoms with Crippen molar-refractivity contribution in [2.75, 3.05) is 0 Å². The van der Waals surface area contributed by atoms with Gasteiger partial charge in [-0.3, -0.25) is 0 Å². The van der Waals surface area contributed by atoms with Gasteiger partial charge in [-0.1, -0.05) is 12.1 Å². The molecule has 0 aliphatic rings. The van der Waals surface area contributed by atoms with Gasteiger partial charge in [-0.15, -0.1) is 0 Å². The maximum atomic E-state index is 11.6. The topological polar surface area (TPSA) is 66.8 Å². The number of hydrogen-bond donors (Lipinski definition) is 2. The Morgan fingerprint density at radius 1 is 0.895 bits per heavy atom. The van der Waals surface area contributed by atoms with Gasteiger partial charge in [0.05, 0.1) is 11.8 Å². The van der Waals surface area contributed by atoms with Gasteiger partial charge in [0, 0.05) is 0 Å². The molecular formula is C15H12O4. The highest BCUT2D eigenvalue weighted by molar-refractivity contribution is 5.90. The molecule has 0 bridgehead atoms. The van der Waals surface area contributed by atoms with E-state index in [1.54, 1.807) is 30.3 Å². The van der Waals surface area contributed by atoms with Crippen molar-refractivity contribution in [3.8, 4) is 11.5 Å². The van der Waals surface area contributed by atoms with E-state index in [1.807, 2.05) is 0 Å². The van der Waals surface area contributed by atoms with Crippen molar-refractivity contribution < 1.29 is 19.7 Å². The van der Waals surface area contributed by atoms with Crippen LogP contribution in [0.25, 0.3) is 6.08 Å². The molecule has 19 heavy (non-hydrogen) atoms. The van der Waals surface area contributed by atoms with Gasteiger partial charge in [0.1, 0.15) is 11.5 Å². The summed E-state index contributed by atoms with van der Waals surface area (Å²) >= 11 is 0. The zero-order valence-electron chi connectivity index (χ0n) is 9.98. The Morgan fingerprint density at radius 2 is 1.42 bits per heavy atom. The smallest absolute Gasteiger partial charge is 0.342 e. The summed E-state index contributed by atoms with van der Waals surface area (Å²) in [7, 11) is 0. The number of phenols is 2. The Labute approximate surface area is 110 Å². The molecular weight excluding hydrogens is 244 g/mol.